The highest BCUT2D eigenvalue weighted by atomic mass is 35.5. The van der Waals surface area contributed by atoms with Gasteiger partial charge < -0.3 is 0 Å². The van der Waals surface area contributed by atoms with Crippen molar-refractivity contribution in [2.24, 2.45) is 5.10 Å². The smallest absolute Gasteiger partial charge is 0.250 e. The molecule has 0 atom stereocenters. The molecule has 4 aromatic rings. The Morgan fingerprint density at radius 2 is 1.64 bits per heavy atom. The highest BCUT2D eigenvalue weighted by molar-refractivity contribution is 7.99. The molecule has 33 heavy (non-hydrogen) atoms. The first-order valence-corrected chi connectivity index (χ1v) is 11.8. The highest BCUT2D eigenvalue weighted by Crippen LogP contribution is 2.28. The monoisotopic (exact) mass is 515 g/mol. The molecule has 6 nitrogen and oxygen atoms in total. The second kappa shape index (κ2) is 10.9. The molecule has 0 radical (unpaired) electrons. The summed E-state index contributed by atoms with van der Waals surface area (Å²) in [5, 5.41) is 14.7. The van der Waals surface area contributed by atoms with Gasteiger partial charge in [0.05, 0.1) is 22.0 Å². The van der Waals surface area contributed by atoms with Gasteiger partial charge >= 0.3 is 0 Å². The molecule has 1 heterocycles. The molecular formula is C23H16Cl3N5OS. The summed E-state index contributed by atoms with van der Waals surface area (Å²) in [6.07, 6.45) is 1.41. The van der Waals surface area contributed by atoms with E-state index in [9.17, 15) is 4.79 Å². The van der Waals surface area contributed by atoms with E-state index >= 15 is 0 Å². The van der Waals surface area contributed by atoms with Gasteiger partial charge in [0.1, 0.15) is 0 Å². The van der Waals surface area contributed by atoms with Gasteiger partial charge in [0.2, 0.25) is 0 Å². The summed E-state index contributed by atoms with van der Waals surface area (Å²) < 4.78 is 1.89. The largest absolute Gasteiger partial charge is 0.272 e. The van der Waals surface area contributed by atoms with Gasteiger partial charge in [-0.1, -0.05) is 83.0 Å². The van der Waals surface area contributed by atoms with Crippen LogP contribution in [0.2, 0.25) is 15.1 Å². The summed E-state index contributed by atoms with van der Waals surface area (Å²) in [6.45, 7) is 0. The maximum Gasteiger partial charge on any atom is 0.250 e. The minimum Gasteiger partial charge on any atom is -0.272 e. The van der Waals surface area contributed by atoms with E-state index in [1.165, 1.54) is 18.0 Å². The zero-order valence-corrected chi connectivity index (χ0v) is 20.0. The maximum absolute atomic E-state index is 12.4. The van der Waals surface area contributed by atoms with Gasteiger partial charge in [0, 0.05) is 21.8 Å². The van der Waals surface area contributed by atoms with E-state index in [-0.39, 0.29) is 11.7 Å². The molecule has 0 bridgehead atoms. The number of thioether (sulfide) groups is 1. The first-order chi connectivity index (χ1) is 16.0. The molecule has 0 fully saturated rings. The van der Waals surface area contributed by atoms with E-state index in [4.69, 9.17) is 34.8 Å². The lowest BCUT2D eigenvalue weighted by Gasteiger charge is -2.10. The molecule has 0 aliphatic heterocycles. The summed E-state index contributed by atoms with van der Waals surface area (Å²) in [4.78, 5) is 12.4. The van der Waals surface area contributed by atoms with Crippen molar-refractivity contribution in [2.75, 3.05) is 5.75 Å². The molecule has 0 aliphatic carbocycles. The van der Waals surface area contributed by atoms with Crippen molar-refractivity contribution in [2.45, 2.75) is 5.16 Å². The van der Waals surface area contributed by atoms with Crippen molar-refractivity contribution in [3.63, 3.8) is 0 Å². The minimum atomic E-state index is -0.314. The number of aromatic nitrogens is 3. The van der Waals surface area contributed by atoms with Crippen LogP contribution < -0.4 is 5.43 Å². The van der Waals surface area contributed by atoms with Crippen LogP contribution in [0.1, 0.15) is 5.56 Å². The number of nitrogens with zero attached hydrogens (tertiary/aromatic N) is 4. The van der Waals surface area contributed by atoms with Crippen molar-refractivity contribution < 1.29 is 4.79 Å². The molecule has 1 amide bonds. The number of amides is 1. The van der Waals surface area contributed by atoms with Crippen LogP contribution in [0.5, 0.6) is 0 Å². The average molecular weight is 517 g/mol. The summed E-state index contributed by atoms with van der Waals surface area (Å²) in [6, 6.07) is 22.2. The second-order valence-corrected chi connectivity index (χ2v) is 8.89. The molecule has 0 spiro atoms. The van der Waals surface area contributed by atoms with Gasteiger partial charge in [-0.05, 0) is 36.4 Å². The van der Waals surface area contributed by atoms with Crippen LogP contribution in [0.25, 0.3) is 17.1 Å². The van der Waals surface area contributed by atoms with Gasteiger partial charge in [-0.2, -0.15) is 5.10 Å². The topological polar surface area (TPSA) is 72.2 Å². The van der Waals surface area contributed by atoms with Crippen molar-refractivity contribution in [3.05, 3.63) is 93.4 Å². The lowest BCUT2D eigenvalue weighted by molar-refractivity contribution is -0.118. The fraction of sp³-hybridized carbons (Fsp3) is 0.0435. The number of hydrogen-bond acceptors (Lipinski definition) is 5. The number of carbonyl (C=O) groups is 1. The highest BCUT2D eigenvalue weighted by Gasteiger charge is 2.17. The molecule has 0 unspecified atom stereocenters. The van der Waals surface area contributed by atoms with E-state index in [1.807, 2.05) is 47.0 Å². The van der Waals surface area contributed by atoms with Crippen LogP contribution in [0.15, 0.2) is 83.1 Å². The third-order valence-corrected chi connectivity index (χ3v) is 6.31. The molecule has 1 N–H and O–H groups in total. The van der Waals surface area contributed by atoms with E-state index in [1.54, 1.807) is 30.3 Å². The zero-order valence-electron chi connectivity index (χ0n) is 17.0. The molecule has 10 heteroatoms. The molecule has 4 rings (SSSR count). The quantitative estimate of drug-likeness (QED) is 0.182. The predicted octanol–water partition coefficient (Wildman–Crippen LogP) is 6.14. The molecule has 0 saturated heterocycles. The Morgan fingerprint density at radius 3 is 2.33 bits per heavy atom. The predicted molar refractivity (Wildman–Crippen MR) is 135 cm³/mol. The molecule has 3 aromatic carbocycles. The Balaban J connectivity index is 1.51. The molecule has 0 saturated carbocycles. The summed E-state index contributed by atoms with van der Waals surface area (Å²) in [5.41, 5.74) is 4.74. The van der Waals surface area contributed by atoms with Crippen LogP contribution >= 0.6 is 46.6 Å². The summed E-state index contributed by atoms with van der Waals surface area (Å²) in [7, 11) is 0. The number of rotatable bonds is 7. The summed E-state index contributed by atoms with van der Waals surface area (Å²) >= 11 is 19.5. The Morgan fingerprint density at radius 1 is 0.939 bits per heavy atom. The maximum atomic E-state index is 12.4. The van der Waals surface area contributed by atoms with Crippen molar-refractivity contribution in [1.29, 1.82) is 0 Å². The van der Waals surface area contributed by atoms with E-state index in [0.717, 1.165) is 11.3 Å². The molecule has 1 aromatic heterocycles. The first kappa shape index (κ1) is 23.3. The Labute approximate surface area is 209 Å². The number of hydrazone groups is 1. The summed E-state index contributed by atoms with van der Waals surface area (Å²) in [5.74, 6) is 0.423. The van der Waals surface area contributed by atoms with Crippen LogP contribution in [-0.2, 0) is 4.79 Å². The van der Waals surface area contributed by atoms with Crippen molar-refractivity contribution >= 4 is 58.7 Å². The average Bonchev–Trinajstić information content (AvgIpc) is 3.25. The third kappa shape index (κ3) is 5.75. The Hall–Kier alpha value is -2.84. The number of nitrogens with one attached hydrogen (secondary N) is 1. The fourth-order valence-electron chi connectivity index (χ4n) is 2.93. The number of carbonyl (C=O) groups excluding carboxylic acids is 1. The van der Waals surface area contributed by atoms with Gasteiger partial charge in [0.25, 0.3) is 5.91 Å². The lowest BCUT2D eigenvalue weighted by Crippen LogP contribution is -2.20. The van der Waals surface area contributed by atoms with E-state index < -0.39 is 0 Å². The van der Waals surface area contributed by atoms with Gasteiger partial charge in [0.15, 0.2) is 11.0 Å². The minimum absolute atomic E-state index is 0.0775. The lowest BCUT2D eigenvalue weighted by atomic mass is 10.2. The van der Waals surface area contributed by atoms with Crippen LogP contribution in [0, 0.1) is 0 Å². The number of hydrogen-bond donors (Lipinski definition) is 1. The van der Waals surface area contributed by atoms with E-state index in [0.29, 0.717) is 31.6 Å². The Bertz CT molecular complexity index is 1270. The molecule has 0 aliphatic rings. The van der Waals surface area contributed by atoms with Crippen molar-refractivity contribution in [3.8, 4) is 17.1 Å². The van der Waals surface area contributed by atoms with Crippen LogP contribution in [0.4, 0.5) is 0 Å². The first-order valence-electron chi connectivity index (χ1n) is 9.68. The Kier molecular flexibility index (Phi) is 7.67. The number of halogens is 3. The SMILES string of the molecule is O=C(CSc1nnc(-c2ccccc2)n1-c1ccc(Cl)cc1)NN=Cc1c(Cl)cccc1Cl. The second-order valence-electron chi connectivity index (χ2n) is 6.70. The van der Waals surface area contributed by atoms with Crippen LogP contribution in [-0.4, -0.2) is 32.6 Å². The van der Waals surface area contributed by atoms with Gasteiger partial charge in [-0.25, -0.2) is 5.43 Å². The number of benzene rings is 3. The van der Waals surface area contributed by atoms with Gasteiger partial charge in [-0.15, -0.1) is 10.2 Å². The normalized spacial score (nSPS) is 11.1. The molecule has 166 valence electrons. The fourth-order valence-corrected chi connectivity index (χ4v) is 4.29. The van der Waals surface area contributed by atoms with E-state index in [2.05, 4.69) is 20.7 Å². The standard InChI is InChI=1S/C23H16Cl3N5OS/c24-16-9-11-17(12-10-16)31-22(15-5-2-1-3-6-15)29-30-23(31)33-14-21(32)28-27-13-18-19(25)7-4-8-20(18)26/h1-13H,14H2,(H,28,32). The van der Waals surface area contributed by atoms with Gasteiger partial charge in [-0.3, -0.25) is 9.36 Å². The zero-order chi connectivity index (χ0) is 23.2. The van der Waals surface area contributed by atoms with Crippen LogP contribution in [0.3, 0.4) is 0 Å². The third-order valence-electron chi connectivity index (χ3n) is 4.47. The molecular weight excluding hydrogens is 501 g/mol. The van der Waals surface area contributed by atoms with Crippen molar-refractivity contribution in [1.82, 2.24) is 20.2 Å².